The van der Waals surface area contributed by atoms with Gasteiger partial charge in [0.15, 0.2) is 29.3 Å². The van der Waals surface area contributed by atoms with Gasteiger partial charge >= 0.3 is 12.8 Å². The second kappa shape index (κ2) is 6.64. The normalized spacial score (nSPS) is 25.9. The number of nitrogens with zero attached hydrogens (tertiary/aromatic N) is 2. The van der Waals surface area contributed by atoms with Crippen molar-refractivity contribution in [3.63, 3.8) is 0 Å². The highest BCUT2D eigenvalue weighted by molar-refractivity contribution is 9.10. The number of amidine groups is 1. The zero-order chi connectivity index (χ0) is 21.1. The smallest absolute Gasteiger partial charge is 0.417 e. The van der Waals surface area contributed by atoms with E-state index in [-0.39, 0.29) is 15.8 Å². The van der Waals surface area contributed by atoms with Crippen molar-refractivity contribution in [2.24, 2.45) is 4.99 Å². The summed E-state index contributed by atoms with van der Waals surface area (Å²) in [4.78, 5) is 4.99. The highest BCUT2D eigenvalue weighted by atomic mass is 79.9. The predicted molar refractivity (Wildman–Crippen MR) is 89.6 cm³/mol. The number of fused-ring (bicyclic) bond motifs is 3. The van der Waals surface area contributed by atoms with Gasteiger partial charge in [0.2, 0.25) is 0 Å². The van der Waals surface area contributed by atoms with Crippen LogP contribution in [0.1, 0.15) is 5.56 Å². The maximum atomic E-state index is 15.0. The van der Waals surface area contributed by atoms with Crippen LogP contribution in [0.2, 0.25) is 0 Å². The Labute approximate surface area is 167 Å². The van der Waals surface area contributed by atoms with Crippen molar-refractivity contribution < 1.29 is 40.2 Å². The first-order valence-corrected chi connectivity index (χ1v) is 8.90. The second-order valence-corrected chi connectivity index (χ2v) is 7.33. The molecule has 1 aromatic rings. The van der Waals surface area contributed by atoms with Crippen LogP contribution in [-0.2, 0) is 10.3 Å². The number of halogens is 8. The van der Waals surface area contributed by atoms with E-state index in [9.17, 15) is 30.7 Å². The molecule has 0 saturated carbocycles. The van der Waals surface area contributed by atoms with Crippen molar-refractivity contribution in [1.29, 1.82) is 0 Å². The number of benzene rings is 1. The Morgan fingerprint density at radius 2 is 2.03 bits per heavy atom. The summed E-state index contributed by atoms with van der Waals surface area (Å²) in [5, 5.41) is 0. The maximum Gasteiger partial charge on any atom is 0.417 e. The summed E-state index contributed by atoms with van der Waals surface area (Å²) < 4.78 is 104. The van der Waals surface area contributed by atoms with Crippen LogP contribution >= 0.6 is 15.9 Å². The van der Waals surface area contributed by atoms with Gasteiger partial charge in [-0.3, -0.25) is 0 Å². The Morgan fingerprint density at radius 3 is 2.69 bits per heavy atom. The Balaban J connectivity index is 1.87. The molecule has 0 aromatic heterocycles. The van der Waals surface area contributed by atoms with Gasteiger partial charge in [-0.05, 0) is 28.1 Å². The number of hydrogen-bond donors (Lipinski definition) is 0. The fourth-order valence-electron chi connectivity index (χ4n) is 3.47. The molecule has 0 fully saturated rings. The number of rotatable bonds is 2. The zero-order valence-corrected chi connectivity index (χ0v) is 15.7. The molecule has 3 heterocycles. The maximum absolute atomic E-state index is 15.0. The minimum atomic E-state index is -4.86. The van der Waals surface area contributed by atoms with Crippen molar-refractivity contribution in [2.45, 2.75) is 24.5 Å². The molecule has 4 rings (SSSR count). The van der Waals surface area contributed by atoms with Crippen molar-refractivity contribution in [2.75, 3.05) is 13.2 Å². The van der Waals surface area contributed by atoms with Gasteiger partial charge in [0, 0.05) is 11.8 Å². The minimum absolute atomic E-state index is 0.0351. The fraction of sp³-hybridized carbons (Fsp3) is 0.353. The Bertz CT molecular complexity index is 960. The fourth-order valence-corrected chi connectivity index (χ4v) is 3.78. The van der Waals surface area contributed by atoms with Crippen LogP contribution in [0.5, 0.6) is 5.75 Å². The molecule has 0 N–H and O–H groups in total. The number of hydrogen-bond acceptors (Lipinski definition) is 4. The summed E-state index contributed by atoms with van der Waals surface area (Å²) in [6.45, 7) is -4.52. The molecule has 4 nitrogen and oxygen atoms in total. The van der Waals surface area contributed by atoms with Crippen LogP contribution in [0.25, 0.3) is 0 Å². The lowest BCUT2D eigenvalue weighted by molar-refractivity contribution is -0.0981. The van der Waals surface area contributed by atoms with Crippen LogP contribution in [-0.4, -0.2) is 42.8 Å². The third-order valence-electron chi connectivity index (χ3n) is 4.74. The number of alkyl halides is 6. The highest BCUT2D eigenvalue weighted by Crippen LogP contribution is 2.49. The lowest BCUT2D eigenvalue weighted by atomic mass is 9.84. The van der Waals surface area contributed by atoms with Gasteiger partial charge < -0.3 is 14.4 Å². The molecule has 1 spiro atoms. The summed E-state index contributed by atoms with van der Waals surface area (Å²) in [6, 6.07) is 2.60. The summed E-state index contributed by atoms with van der Waals surface area (Å²) in [5.74, 6) is -2.40. The lowest BCUT2D eigenvalue weighted by Gasteiger charge is -2.36. The Hall–Kier alpha value is -2.24. The van der Waals surface area contributed by atoms with Crippen molar-refractivity contribution >= 4 is 21.8 Å². The van der Waals surface area contributed by atoms with Gasteiger partial charge in [0.05, 0.1) is 16.6 Å². The van der Waals surface area contributed by atoms with E-state index in [0.717, 1.165) is 4.90 Å². The first-order chi connectivity index (χ1) is 13.5. The van der Waals surface area contributed by atoms with Gasteiger partial charge in [-0.2, -0.15) is 22.0 Å². The molecule has 0 bridgehead atoms. The number of allylic oxidation sites excluding steroid dienone is 2. The highest BCUT2D eigenvalue weighted by Gasteiger charge is 2.54. The largest absolute Gasteiger partial charge is 0.487 e. The van der Waals surface area contributed by atoms with E-state index in [4.69, 9.17) is 4.74 Å². The van der Waals surface area contributed by atoms with E-state index in [0.29, 0.717) is 12.3 Å². The predicted octanol–water partition coefficient (Wildman–Crippen LogP) is 4.81. The molecule has 156 valence electrons. The molecule has 0 amide bonds. The SMILES string of the molecule is Fc1c(Br)ccc2c1OC[C@H](F)[C@@]21CN2C=C(C(F)(F)F)C=C(OC(F)F)C2=N1. The van der Waals surface area contributed by atoms with Crippen LogP contribution in [0.15, 0.2) is 45.2 Å². The summed E-state index contributed by atoms with van der Waals surface area (Å²) in [6.07, 6.45) is -5.74. The molecular weight excluding hydrogens is 477 g/mol. The minimum Gasteiger partial charge on any atom is -0.487 e. The first-order valence-electron chi connectivity index (χ1n) is 8.10. The molecule has 1 aromatic carbocycles. The van der Waals surface area contributed by atoms with Crippen LogP contribution < -0.4 is 4.74 Å². The Morgan fingerprint density at radius 1 is 1.31 bits per heavy atom. The summed E-state index contributed by atoms with van der Waals surface area (Å²) >= 11 is 2.97. The number of ether oxygens (including phenoxy) is 2. The molecule has 29 heavy (non-hydrogen) atoms. The van der Waals surface area contributed by atoms with E-state index in [1.807, 2.05) is 0 Å². The average molecular weight is 487 g/mol. The van der Waals surface area contributed by atoms with E-state index < -0.39 is 60.6 Å². The van der Waals surface area contributed by atoms with Gasteiger partial charge in [-0.25, -0.2) is 13.8 Å². The Kier molecular flexibility index (Phi) is 4.59. The van der Waals surface area contributed by atoms with Crippen molar-refractivity contribution in [3.8, 4) is 5.75 Å². The molecule has 0 saturated heterocycles. The summed E-state index contributed by atoms with van der Waals surface area (Å²) in [5.41, 5.74) is -3.17. The average Bonchev–Trinajstić information content (AvgIpc) is 3.01. The van der Waals surface area contributed by atoms with Gasteiger partial charge in [0.1, 0.15) is 12.1 Å². The van der Waals surface area contributed by atoms with Crippen molar-refractivity contribution in [1.82, 2.24) is 4.90 Å². The van der Waals surface area contributed by atoms with Gasteiger partial charge in [-0.1, -0.05) is 6.07 Å². The first kappa shape index (κ1) is 20.0. The quantitative estimate of drug-likeness (QED) is 0.562. The summed E-state index contributed by atoms with van der Waals surface area (Å²) in [7, 11) is 0. The van der Waals surface area contributed by atoms with E-state index in [1.54, 1.807) is 0 Å². The van der Waals surface area contributed by atoms with Crippen LogP contribution in [0, 0.1) is 5.82 Å². The van der Waals surface area contributed by atoms with E-state index in [1.165, 1.54) is 12.1 Å². The number of aliphatic imine (C=N–C) groups is 1. The van der Waals surface area contributed by atoms with Gasteiger partial charge in [-0.15, -0.1) is 0 Å². The van der Waals surface area contributed by atoms with Crippen LogP contribution in [0.4, 0.5) is 30.7 Å². The van der Waals surface area contributed by atoms with Crippen LogP contribution in [0.3, 0.4) is 0 Å². The van der Waals surface area contributed by atoms with Gasteiger partial charge in [0.25, 0.3) is 0 Å². The molecule has 0 radical (unpaired) electrons. The third kappa shape index (κ3) is 3.17. The van der Waals surface area contributed by atoms with E-state index >= 15 is 0 Å². The monoisotopic (exact) mass is 486 g/mol. The molecule has 0 aliphatic carbocycles. The van der Waals surface area contributed by atoms with Crippen molar-refractivity contribution in [3.05, 3.63) is 51.6 Å². The topological polar surface area (TPSA) is 34.1 Å². The molecule has 0 unspecified atom stereocenters. The second-order valence-electron chi connectivity index (χ2n) is 6.47. The third-order valence-corrected chi connectivity index (χ3v) is 5.36. The standard InChI is InChI=1S/C17H10BrF7N2O2/c18-9-2-1-8-13(12(9)20)28-5-11(19)16(8)6-27-4-7(17(23,24)25)3-10(14(27)26-16)29-15(21)22/h1-4,11,15H,5-6H2/t11-,16+/m0/s1. The molecule has 3 aliphatic heterocycles. The molecule has 2 atom stereocenters. The van der Waals surface area contributed by atoms with E-state index in [2.05, 4.69) is 25.7 Å². The molecule has 12 heteroatoms. The lowest BCUT2D eigenvalue weighted by Crippen LogP contribution is -2.46. The molecular formula is C17H10BrF7N2O2. The zero-order valence-electron chi connectivity index (χ0n) is 14.1. The molecule has 3 aliphatic rings.